The van der Waals surface area contributed by atoms with Gasteiger partial charge in [0.1, 0.15) is 23.9 Å². The molecule has 0 spiro atoms. The van der Waals surface area contributed by atoms with Crippen molar-refractivity contribution in [1.82, 2.24) is 9.55 Å². The first-order valence-electron chi connectivity index (χ1n) is 13.5. The van der Waals surface area contributed by atoms with Crippen molar-refractivity contribution in [3.05, 3.63) is 95.3 Å². The molecular weight excluding hydrogens is 524 g/mol. The summed E-state index contributed by atoms with van der Waals surface area (Å²) in [6.45, 7) is 0.383. The van der Waals surface area contributed by atoms with E-state index >= 15 is 0 Å². The summed E-state index contributed by atoms with van der Waals surface area (Å²) in [5.41, 5.74) is 4.88. The van der Waals surface area contributed by atoms with Crippen molar-refractivity contribution in [3.63, 3.8) is 0 Å². The fraction of sp³-hybridized carbons (Fsp3) is 0.273. The van der Waals surface area contributed by atoms with Gasteiger partial charge in [0, 0.05) is 34.5 Å². The van der Waals surface area contributed by atoms with Gasteiger partial charge in [0.05, 0.1) is 19.9 Å². The van der Waals surface area contributed by atoms with E-state index in [-0.39, 0.29) is 0 Å². The van der Waals surface area contributed by atoms with Gasteiger partial charge in [-0.15, -0.1) is 0 Å². The number of ether oxygens (including phenoxy) is 3. The predicted molar refractivity (Wildman–Crippen MR) is 159 cm³/mol. The van der Waals surface area contributed by atoms with Crippen molar-refractivity contribution in [3.8, 4) is 34.0 Å². The van der Waals surface area contributed by atoms with Crippen LogP contribution in [0.25, 0.3) is 28.6 Å². The Hall–Kier alpha value is -4.03. The Kier molecular flexibility index (Phi) is 8.87. The van der Waals surface area contributed by atoms with Crippen LogP contribution in [-0.4, -0.2) is 29.7 Å². The monoisotopic (exact) mass is 556 g/mol. The summed E-state index contributed by atoms with van der Waals surface area (Å²) in [6, 6.07) is 22.2. The molecule has 0 saturated heterocycles. The van der Waals surface area contributed by atoms with Crippen molar-refractivity contribution < 1.29 is 19.0 Å². The van der Waals surface area contributed by atoms with Gasteiger partial charge < -0.3 is 18.8 Å². The molecule has 4 aromatic rings. The Morgan fingerprint density at radius 3 is 2.35 bits per heavy atom. The lowest BCUT2D eigenvalue weighted by Gasteiger charge is -2.24. The summed E-state index contributed by atoms with van der Waals surface area (Å²) in [6.07, 6.45) is 11.1. The summed E-state index contributed by atoms with van der Waals surface area (Å²) in [4.78, 5) is 16.5. The molecule has 1 saturated carbocycles. The van der Waals surface area contributed by atoms with Crippen molar-refractivity contribution in [2.75, 3.05) is 14.2 Å². The minimum atomic E-state index is -0.398. The maximum absolute atomic E-state index is 11.6. The lowest BCUT2D eigenvalue weighted by Crippen LogP contribution is -2.13. The average molecular weight is 557 g/mol. The average Bonchev–Trinajstić information content (AvgIpc) is 3.44. The van der Waals surface area contributed by atoms with Gasteiger partial charge in [0.25, 0.3) is 0 Å². The second kappa shape index (κ2) is 12.9. The first kappa shape index (κ1) is 27.5. The molecule has 1 aromatic heterocycles. The molecule has 0 bridgehead atoms. The maximum atomic E-state index is 11.6. The van der Waals surface area contributed by atoms with Gasteiger partial charge >= 0.3 is 5.97 Å². The van der Waals surface area contributed by atoms with E-state index in [0.717, 1.165) is 58.1 Å². The number of imidazole rings is 1. The Morgan fingerprint density at radius 1 is 0.950 bits per heavy atom. The zero-order valence-electron chi connectivity index (χ0n) is 22.8. The van der Waals surface area contributed by atoms with Gasteiger partial charge in [0.15, 0.2) is 0 Å². The third kappa shape index (κ3) is 6.57. The molecule has 5 rings (SSSR count). The lowest BCUT2D eigenvalue weighted by atomic mass is 9.95. The molecule has 0 amide bonds. The normalized spacial score (nSPS) is 13.9. The molecular formula is C33H33ClN2O4. The first-order valence-corrected chi connectivity index (χ1v) is 13.9. The standard InChI is InChI=1S/C33H33ClN2O4/c1-38-30-17-18-31(23-8-12-26(34)13-9-23)25(20-30)22-40-29-15-10-24(11-16-29)33-35-27(14-19-32(37)39-2)21-36(33)28-6-4-3-5-7-28/h8-21,28H,3-7,22H2,1-2H3. The molecule has 206 valence electrons. The van der Waals surface area contributed by atoms with E-state index in [1.807, 2.05) is 72.9 Å². The summed E-state index contributed by atoms with van der Waals surface area (Å²) in [5.74, 6) is 2.03. The van der Waals surface area contributed by atoms with E-state index < -0.39 is 5.97 Å². The number of aromatic nitrogens is 2. The molecule has 6 nitrogen and oxygen atoms in total. The molecule has 3 aromatic carbocycles. The van der Waals surface area contributed by atoms with Crippen molar-refractivity contribution in [1.29, 1.82) is 0 Å². The maximum Gasteiger partial charge on any atom is 0.330 e. The highest BCUT2D eigenvalue weighted by Gasteiger charge is 2.20. The topological polar surface area (TPSA) is 62.6 Å². The third-order valence-electron chi connectivity index (χ3n) is 7.28. The van der Waals surface area contributed by atoms with E-state index in [0.29, 0.717) is 17.7 Å². The molecule has 0 atom stereocenters. The Labute approximate surface area is 240 Å². The van der Waals surface area contributed by atoms with Crippen LogP contribution < -0.4 is 9.47 Å². The summed E-state index contributed by atoms with van der Waals surface area (Å²) < 4.78 is 18.7. The number of hydrogen-bond acceptors (Lipinski definition) is 5. The molecule has 1 aliphatic carbocycles. The molecule has 1 aliphatic rings. The highest BCUT2D eigenvalue weighted by Crippen LogP contribution is 2.34. The Morgan fingerprint density at radius 2 is 1.65 bits per heavy atom. The molecule has 1 heterocycles. The van der Waals surface area contributed by atoms with E-state index in [4.69, 9.17) is 30.8 Å². The minimum absolute atomic E-state index is 0.383. The second-order valence-electron chi connectivity index (χ2n) is 9.89. The van der Waals surface area contributed by atoms with Crippen LogP contribution in [0.1, 0.15) is 49.4 Å². The highest BCUT2D eigenvalue weighted by atomic mass is 35.5. The number of carbonyl (C=O) groups excluding carboxylic acids is 1. The van der Waals surface area contributed by atoms with Crippen LogP contribution in [0.2, 0.25) is 5.02 Å². The van der Waals surface area contributed by atoms with Gasteiger partial charge in [-0.1, -0.05) is 49.1 Å². The molecule has 0 unspecified atom stereocenters. The molecule has 0 N–H and O–H groups in total. The van der Waals surface area contributed by atoms with Crippen LogP contribution in [-0.2, 0) is 16.1 Å². The van der Waals surface area contributed by atoms with Gasteiger partial charge in [0.2, 0.25) is 0 Å². The Balaban J connectivity index is 1.37. The summed E-state index contributed by atoms with van der Waals surface area (Å²) in [7, 11) is 3.03. The minimum Gasteiger partial charge on any atom is -0.497 e. The molecule has 1 fully saturated rings. The van der Waals surface area contributed by atoms with E-state index in [2.05, 4.69) is 4.57 Å². The number of halogens is 1. The number of methoxy groups -OCH3 is 2. The molecule has 40 heavy (non-hydrogen) atoms. The first-order chi connectivity index (χ1) is 19.5. The van der Waals surface area contributed by atoms with Crippen LogP contribution in [0.15, 0.2) is 79.0 Å². The molecule has 7 heteroatoms. The zero-order valence-corrected chi connectivity index (χ0v) is 23.6. The number of nitrogens with zero attached hydrogens (tertiary/aromatic N) is 2. The summed E-state index contributed by atoms with van der Waals surface area (Å²) >= 11 is 6.10. The third-order valence-corrected chi connectivity index (χ3v) is 7.54. The largest absolute Gasteiger partial charge is 0.497 e. The number of benzene rings is 3. The van der Waals surface area contributed by atoms with Crippen molar-refractivity contribution in [2.45, 2.75) is 44.8 Å². The number of rotatable bonds is 9. The van der Waals surface area contributed by atoms with Gasteiger partial charge in [-0.3, -0.25) is 0 Å². The predicted octanol–water partition coefficient (Wildman–Crippen LogP) is 8.15. The van der Waals surface area contributed by atoms with E-state index in [1.165, 1.54) is 32.4 Å². The van der Waals surface area contributed by atoms with Gasteiger partial charge in [-0.25, -0.2) is 9.78 Å². The second-order valence-corrected chi connectivity index (χ2v) is 10.3. The fourth-order valence-electron chi connectivity index (χ4n) is 5.15. The van der Waals surface area contributed by atoms with Crippen LogP contribution in [0.5, 0.6) is 11.5 Å². The van der Waals surface area contributed by atoms with Crippen LogP contribution in [0.3, 0.4) is 0 Å². The quantitative estimate of drug-likeness (QED) is 0.154. The van der Waals surface area contributed by atoms with E-state index in [1.54, 1.807) is 13.2 Å². The van der Waals surface area contributed by atoms with Crippen LogP contribution in [0.4, 0.5) is 0 Å². The highest BCUT2D eigenvalue weighted by molar-refractivity contribution is 6.30. The SMILES string of the molecule is COC(=O)C=Cc1cn(C2CCCCC2)c(-c2ccc(OCc3cc(OC)ccc3-c3ccc(Cl)cc3)cc2)n1. The van der Waals surface area contributed by atoms with E-state index in [9.17, 15) is 4.79 Å². The molecule has 0 aliphatic heterocycles. The number of hydrogen-bond donors (Lipinski definition) is 0. The Bertz CT molecular complexity index is 1470. The van der Waals surface area contributed by atoms with Gasteiger partial charge in [-0.2, -0.15) is 0 Å². The zero-order chi connectivity index (χ0) is 27.9. The number of esters is 1. The summed E-state index contributed by atoms with van der Waals surface area (Å²) in [5, 5.41) is 0.700. The van der Waals surface area contributed by atoms with Crippen LogP contribution in [0, 0.1) is 0 Å². The van der Waals surface area contributed by atoms with Crippen molar-refractivity contribution >= 4 is 23.6 Å². The smallest absolute Gasteiger partial charge is 0.330 e. The molecule has 0 radical (unpaired) electrons. The van der Waals surface area contributed by atoms with Crippen LogP contribution >= 0.6 is 11.6 Å². The fourth-order valence-corrected chi connectivity index (χ4v) is 5.28. The number of carbonyl (C=O) groups is 1. The lowest BCUT2D eigenvalue weighted by molar-refractivity contribution is -0.134. The van der Waals surface area contributed by atoms with Gasteiger partial charge in [-0.05, 0) is 78.6 Å². The van der Waals surface area contributed by atoms with Crippen molar-refractivity contribution in [2.24, 2.45) is 0 Å².